The number of carbonyl (C=O) groups is 1. The van der Waals surface area contributed by atoms with Crippen LogP contribution in [0.2, 0.25) is 5.02 Å². The zero-order chi connectivity index (χ0) is 21.5. The molecule has 1 amide bonds. The standard InChI is InChI=1S/C23H25ClN4O2/c1-23(2,3)16-12-15(13-17(24)14-16)21(30)27-8-10-28(11-9-27)22-25-19-7-5-4-6-18(19)20(29)26-22/h4-7,12-14H,8-11H2,1-3H3,(H,25,26,29). The first kappa shape index (κ1) is 20.4. The van der Waals surface area contributed by atoms with Crippen LogP contribution >= 0.6 is 11.6 Å². The fourth-order valence-electron chi connectivity index (χ4n) is 3.67. The largest absolute Gasteiger partial charge is 0.339 e. The van der Waals surface area contributed by atoms with Gasteiger partial charge >= 0.3 is 0 Å². The number of rotatable bonds is 2. The fourth-order valence-corrected chi connectivity index (χ4v) is 3.91. The van der Waals surface area contributed by atoms with Gasteiger partial charge in [-0.3, -0.25) is 14.6 Å². The summed E-state index contributed by atoms with van der Waals surface area (Å²) in [6, 6.07) is 12.9. The van der Waals surface area contributed by atoms with Crippen molar-refractivity contribution < 1.29 is 4.79 Å². The van der Waals surface area contributed by atoms with Gasteiger partial charge in [-0.05, 0) is 41.3 Å². The van der Waals surface area contributed by atoms with E-state index in [1.165, 1.54) is 0 Å². The monoisotopic (exact) mass is 424 g/mol. The number of hydrogen-bond donors (Lipinski definition) is 1. The van der Waals surface area contributed by atoms with Gasteiger partial charge in [0, 0.05) is 36.8 Å². The van der Waals surface area contributed by atoms with Crippen LogP contribution in [0.3, 0.4) is 0 Å². The van der Waals surface area contributed by atoms with E-state index in [1.54, 1.807) is 12.1 Å². The highest BCUT2D eigenvalue weighted by atomic mass is 35.5. The lowest BCUT2D eigenvalue weighted by Gasteiger charge is -2.35. The number of aromatic nitrogens is 2. The number of piperazine rings is 1. The summed E-state index contributed by atoms with van der Waals surface area (Å²) < 4.78 is 0. The minimum Gasteiger partial charge on any atom is -0.339 e. The Bertz CT molecular complexity index is 1160. The molecule has 30 heavy (non-hydrogen) atoms. The third-order valence-corrected chi connectivity index (χ3v) is 5.70. The molecule has 1 aliphatic heterocycles. The molecule has 0 aliphatic carbocycles. The Morgan fingerprint density at radius 2 is 1.77 bits per heavy atom. The maximum absolute atomic E-state index is 13.1. The summed E-state index contributed by atoms with van der Waals surface area (Å²) in [5, 5.41) is 1.15. The van der Waals surface area contributed by atoms with Crippen LogP contribution in [0.5, 0.6) is 0 Å². The molecule has 4 rings (SSSR count). The second-order valence-electron chi connectivity index (χ2n) is 8.66. The Morgan fingerprint density at radius 1 is 1.07 bits per heavy atom. The van der Waals surface area contributed by atoms with Crippen molar-refractivity contribution in [3.8, 4) is 0 Å². The zero-order valence-corrected chi connectivity index (χ0v) is 18.2. The van der Waals surface area contributed by atoms with E-state index >= 15 is 0 Å². The molecule has 2 aromatic carbocycles. The van der Waals surface area contributed by atoms with Gasteiger partial charge < -0.3 is 9.80 Å². The number of amides is 1. The molecule has 0 spiro atoms. The molecule has 156 valence electrons. The third kappa shape index (κ3) is 4.05. The summed E-state index contributed by atoms with van der Waals surface area (Å²) in [4.78, 5) is 36.7. The highest BCUT2D eigenvalue weighted by Crippen LogP contribution is 2.27. The van der Waals surface area contributed by atoms with Gasteiger partial charge in [-0.2, -0.15) is 0 Å². The van der Waals surface area contributed by atoms with E-state index in [0.29, 0.717) is 53.6 Å². The van der Waals surface area contributed by atoms with Crippen LogP contribution in [0, 0.1) is 0 Å². The number of H-pyrrole nitrogens is 1. The number of carbonyl (C=O) groups excluding carboxylic acids is 1. The average Bonchev–Trinajstić information content (AvgIpc) is 2.72. The number of hydrogen-bond acceptors (Lipinski definition) is 4. The van der Waals surface area contributed by atoms with Crippen LogP contribution < -0.4 is 10.5 Å². The summed E-state index contributed by atoms with van der Waals surface area (Å²) in [6.07, 6.45) is 0. The minimum atomic E-state index is -0.150. The van der Waals surface area contributed by atoms with Gasteiger partial charge in [0.25, 0.3) is 11.5 Å². The Labute approximate surface area is 180 Å². The molecule has 3 aromatic rings. The molecule has 0 bridgehead atoms. The molecule has 0 atom stereocenters. The maximum atomic E-state index is 13.1. The maximum Gasteiger partial charge on any atom is 0.260 e. The summed E-state index contributed by atoms with van der Waals surface area (Å²) in [5.41, 5.74) is 2.07. The molecule has 0 unspecified atom stereocenters. The van der Waals surface area contributed by atoms with Crippen molar-refractivity contribution in [2.75, 3.05) is 31.1 Å². The third-order valence-electron chi connectivity index (χ3n) is 5.48. The van der Waals surface area contributed by atoms with Gasteiger partial charge in [0.1, 0.15) is 0 Å². The molecule has 0 saturated carbocycles. The number of nitrogens with zero attached hydrogens (tertiary/aromatic N) is 3. The van der Waals surface area contributed by atoms with Crippen LogP contribution in [0.15, 0.2) is 47.3 Å². The van der Waals surface area contributed by atoms with E-state index in [9.17, 15) is 9.59 Å². The van der Waals surface area contributed by atoms with E-state index in [4.69, 9.17) is 11.6 Å². The Hall–Kier alpha value is -2.86. The van der Waals surface area contributed by atoms with Gasteiger partial charge in [0.15, 0.2) is 0 Å². The predicted octanol–water partition coefficient (Wildman–Crippen LogP) is 3.84. The normalized spacial score (nSPS) is 14.9. The number of para-hydroxylation sites is 1. The molecule has 1 aromatic heterocycles. The highest BCUT2D eigenvalue weighted by molar-refractivity contribution is 6.31. The summed E-state index contributed by atoms with van der Waals surface area (Å²) in [6.45, 7) is 8.59. The molecular formula is C23H25ClN4O2. The topological polar surface area (TPSA) is 69.3 Å². The highest BCUT2D eigenvalue weighted by Gasteiger charge is 2.25. The Kier molecular flexibility index (Phi) is 5.28. The predicted molar refractivity (Wildman–Crippen MR) is 121 cm³/mol. The molecule has 1 N–H and O–H groups in total. The van der Waals surface area contributed by atoms with Crippen molar-refractivity contribution in [1.82, 2.24) is 14.9 Å². The number of halogens is 1. The van der Waals surface area contributed by atoms with E-state index in [1.807, 2.05) is 40.1 Å². The molecule has 1 saturated heterocycles. The van der Waals surface area contributed by atoms with E-state index < -0.39 is 0 Å². The molecule has 1 fully saturated rings. The van der Waals surface area contributed by atoms with Crippen LogP contribution in [0.25, 0.3) is 10.9 Å². The van der Waals surface area contributed by atoms with Crippen molar-refractivity contribution in [2.45, 2.75) is 26.2 Å². The summed E-state index contributed by atoms with van der Waals surface area (Å²) in [7, 11) is 0. The molecular weight excluding hydrogens is 400 g/mol. The quantitative estimate of drug-likeness (QED) is 0.678. The van der Waals surface area contributed by atoms with Crippen LogP contribution in [-0.2, 0) is 5.41 Å². The number of anilines is 1. The Balaban J connectivity index is 1.51. The lowest BCUT2D eigenvalue weighted by molar-refractivity contribution is 0.0746. The number of nitrogens with one attached hydrogen (secondary N) is 1. The zero-order valence-electron chi connectivity index (χ0n) is 17.4. The first-order chi connectivity index (χ1) is 14.2. The minimum absolute atomic E-state index is 0.0254. The first-order valence-corrected chi connectivity index (χ1v) is 10.4. The SMILES string of the molecule is CC(C)(C)c1cc(Cl)cc(C(=O)N2CCN(c3nc4ccccc4c(=O)[nH]3)CC2)c1. The first-order valence-electron chi connectivity index (χ1n) is 10.1. The summed E-state index contributed by atoms with van der Waals surface area (Å²) in [5.74, 6) is 0.520. The van der Waals surface area contributed by atoms with Gasteiger partial charge in [0.05, 0.1) is 10.9 Å². The van der Waals surface area contributed by atoms with Crippen LogP contribution in [-0.4, -0.2) is 47.0 Å². The Morgan fingerprint density at radius 3 is 2.47 bits per heavy atom. The van der Waals surface area contributed by atoms with Crippen molar-refractivity contribution >= 4 is 34.4 Å². The molecule has 0 radical (unpaired) electrons. The van der Waals surface area contributed by atoms with Crippen LogP contribution in [0.4, 0.5) is 5.95 Å². The van der Waals surface area contributed by atoms with Crippen molar-refractivity contribution in [2.24, 2.45) is 0 Å². The van der Waals surface area contributed by atoms with Gasteiger partial charge in [-0.1, -0.05) is 44.5 Å². The smallest absolute Gasteiger partial charge is 0.260 e. The molecule has 2 heterocycles. The van der Waals surface area contributed by atoms with Gasteiger partial charge in [-0.25, -0.2) is 4.98 Å². The lowest BCUT2D eigenvalue weighted by atomic mass is 9.86. The molecule has 1 aliphatic rings. The number of aromatic amines is 1. The van der Waals surface area contributed by atoms with Gasteiger partial charge in [0.2, 0.25) is 5.95 Å². The summed E-state index contributed by atoms with van der Waals surface area (Å²) >= 11 is 6.28. The fraction of sp³-hybridized carbons (Fsp3) is 0.348. The van der Waals surface area contributed by atoms with Crippen LogP contribution in [0.1, 0.15) is 36.7 Å². The second kappa shape index (κ2) is 7.76. The number of fused-ring (bicyclic) bond motifs is 1. The lowest BCUT2D eigenvalue weighted by Crippen LogP contribution is -2.49. The second-order valence-corrected chi connectivity index (χ2v) is 9.10. The van der Waals surface area contributed by atoms with Gasteiger partial charge in [-0.15, -0.1) is 0 Å². The van der Waals surface area contributed by atoms with E-state index in [2.05, 4.69) is 30.7 Å². The molecule has 7 heteroatoms. The van der Waals surface area contributed by atoms with E-state index in [-0.39, 0.29) is 16.9 Å². The van der Waals surface area contributed by atoms with E-state index in [0.717, 1.165) is 5.56 Å². The van der Waals surface area contributed by atoms with Crippen molar-refractivity contribution in [1.29, 1.82) is 0 Å². The average molecular weight is 425 g/mol. The van der Waals surface area contributed by atoms with Crippen molar-refractivity contribution in [3.05, 3.63) is 69.0 Å². The molecule has 6 nitrogen and oxygen atoms in total. The number of benzene rings is 2. The van der Waals surface area contributed by atoms with Crippen molar-refractivity contribution in [3.63, 3.8) is 0 Å².